The summed E-state index contributed by atoms with van der Waals surface area (Å²) in [5.41, 5.74) is 3.54. The summed E-state index contributed by atoms with van der Waals surface area (Å²) >= 11 is 0. The quantitative estimate of drug-likeness (QED) is 0.268. The van der Waals surface area contributed by atoms with Crippen LogP contribution in [0.3, 0.4) is 0 Å². The molecule has 1 atom stereocenters. The molecule has 0 saturated heterocycles. The highest BCUT2D eigenvalue weighted by Gasteiger charge is 2.26. The van der Waals surface area contributed by atoms with Gasteiger partial charge < -0.3 is 19.0 Å². The molecule has 4 rings (SSSR count). The molecule has 0 radical (unpaired) electrons. The lowest BCUT2D eigenvalue weighted by Gasteiger charge is -2.27. The number of aliphatic carboxylic acids is 1. The Labute approximate surface area is 221 Å². The van der Waals surface area contributed by atoms with E-state index in [1.807, 2.05) is 68.4 Å². The number of benzene rings is 3. The summed E-state index contributed by atoms with van der Waals surface area (Å²) in [6, 6.07) is 23.4. The average Bonchev–Trinajstić information content (AvgIpc) is 3.29. The number of oxazole rings is 1. The van der Waals surface area contributed by atoms with E-state index in [0.29, 0.717) is 30.4 Å². The van der Waals surface area contributed by atoms with Gasteiger partial charge in [-0.15, -0.1) is 0 Å². The zero-order chi connectivity index (χ0) is 27.1. The van der Waals surface area contributed by atoms with Gasteiger partial charge in [-0.05, 0) is 62.7 Å². The Morgan fingerprint density at radius 3 is 2.26 bits per heavy atom. The third-order valence-electron chi connectivity index (χ3n) is 6.12. The Morgan fingerprint density at radius 2 is 1.61 bits per heavy atom. The average molecular weight is 515 g/mol. The minimum Gasteiger partial charge on any atom is -0.493 e. The van der Waals surface area contributed by atoms with E-state index < -0.39 is 24.6 Å². The van der Waals surface area contributed by atoms with Crippen molar-refractivity contribution in [1.29, 1.82) is 0 Å². The van der Waals surface area contributed by atoms with Crippen molar-refractivity contribution in [3.8, 4) is 23.0 Å². The van der Waals surface area contributed by atoms with Crippen LogP contribution < -0.4 is 9.47 Å². The van der Waals surface area contributed by atoms with Crippen LogP contribution >= 0.6 is 0 Å². The minimum atomic E-state index is -1.13. The maximum atomic E-state index is 12.8. The molecule has 8 heteroatoms. The maximum absolute atomic E-state index is 12.8. The van der Waals surface area contributed by atoms with Crippen LogP contribution in [0.4, 0.5) is 4.79 Å². The van der Waals surface area contributed by atoms with E-state index in [2.05, 4.69) is 4.98 Å². The lowest BCUT2D eigenvalue weighted by molar-refractivity contribution is -0.138. The first-order valence-corrected chi connectivity index (χ1v) is 12.3. The normalized spacial score (nSPS) is 11.6. The number of carbonyl (C=O) groups is 2. The van der Waals surface area contributed by atoms with E-state index in [4.69, 9.17) is 13.9 Å². The van der Waals surface area contributed by atoms with E-state index in [0.717, 1.165) is 28.1 Å². The van der Waals surface area contributed by atoms with Crippen LogP contribution in [0.5, 0.6) is 11.5 Å². The topological polar surface area (TPSA) is 102 Å². The number of hydrogen-bond acceptors (Lipinski definition) is 6. The molecule has 3 aromatic carbocycles. The van der Waals surface area contributed by atoms with Crippen LogP contribution in [-0.2, 0) is 11.2 Å². The van der Waals surface area contributed by atoms with E-state index >= 15 is 0 Å². The zero-order valence-corrected chi connectivity index (χ0v) is 21.6. The molecular formula is C30H30N2O6. The number of nitrogens with zero attached hydrogens (tertiary/aromatic N) is 2. The Bertz CT molecular complexity index is 1360. The summed E-state index contributed by atoms with van der Waals surface area (Å²) in [5.74, 6) is 1.22. The molecule has 38 heavy (non-hydrogen) atoms. The van der Waals surface area contributed by atoms with Crippen LogP contribution in [0.1, 0.15) is 35.5 Å². The Kier molecular flexibility index (Phi) is 8.43. The van der Waals surface area contributed by atoms with Crippen molar-refractivity contribution in [2.75, 3.05) is 13.2 Å². The second kappa shape index (κ2) is 12.1. The molecule has 1 heterocycles. The number of aromatic nitrogens is 1. The number of carboxylic acid groups (broad SMARTS) is 1. The molecule has 0 aliphatic carbocycles. The monoisotopic (exact) mass is 514 g/mol. The smallest absolute Gasteiger partial charge is 0.416 e. The molecule has 196 valence electrons. The SMILES string of the molecule is Cc1ccc(OC(=O)N(CC(=O)O)[C@H](C)c2ccc(OCCc3nc(-c4ccccc4)oc3C)cc2)cc1. The van der Waals surface area contributed by atoms with Crippen LogP contribution in [0.15, 0.2) is 83.3 Å². The fourth-order valence-corrected chi connectivity index (χ4v) is 3.92. The van der Waals surface area contributed by atoms with Crippen LogP contribution in [-0.4, -0.2) is 40.2 Å². The van der Waals surface area contributed by atoms with Crippen molar-refractivity contribution >= 4 is 12.1 Å². The Morgan fingerprint density at radius 1 is 0.947 bits per heavy atom. The molecule has 1 amide bonds. The van der Waals surface area contributed by atoms with Crippen LogP contribution in [0.2, 0.25) is 0 Å². The molecule has 0 fully saturated rings. The fraction of sp³-hybridized carbons (Fsp3) is 0.233. The summed E-state index contributed by atoms with van der Waals surface area (Å²) in [5, 5.41) is 9.37. The van der Waals surface area contributed by atoms with E-state index in [1.165, 1.54) is 4.90 Å². The third kappa shape index (κ3) is 6.79. The first-order valence-electron chi connectivity index (χ1n) is 12.3. The lowest BCUT2D eigenvalue weighted by Crippen LogP contribution is -2.39. The predicted molar refractivity (Wildman–Crippen MR) is 142 cm³/mol. The van der Waals surface area contributed by atoms with Crippen LogP contribution in [0, 0.1) is 13.8 Å². The van der Waals surface area contributed by atoms with Gasteiger partial charge in [0.05, 0.1) is 18.3 Å². The molecule has 8 nitrogen and oxygen atoms in total. The molecule has 1 aromatic heterocycles. The van der Waals surface area contributed by atoms with E-state index in [9.17, 15) is 14.7 Å². The first kappa shape index (κ1) is 26.5. The van der Waals surface area contributed by atoms with Crippen molar-refractivity contribution in [1.82, 2.24) is 9.88 Å². The number of hydrogen-bond donors (Lipinski definition) is 1. The van der Waals surface area contributed by atoms with Gasteiger partial charge >= 0.3 is 12.1 Å². The molecule has 0 aliphatic heterocycles. The van der Waals surface area contributed by atoms with Crippen molar-refractivity contribution in [2.45, 2.75) is 33.2 Å². The fourth-order valence-electron chi connectivity index (χ4n) is 3.92. The second-order valence-electron chi connectivity index (χ2n) is 8.93. The molecule has 4 aromatic rings. The summed E-state index contributed by atoms with van der Waals surface area (Å²) in [7, 11) is 0. The molecule has 0 aliphatic rings. The molecule has 0 spiro atoms. The second-order valence-corrected chi connectivity index (χ2v) is 8.93. The standard InChI is InChI=1S/C30H30N2O6/c1-20-9-13-26(14-10-20)38-30(35)32(19-28(33)34)21(2)23-11-15-25(16-12-23)36-18-17-27-22(3)37-29(31-27)24-7-5-4-6-8-24/h4-16,21H,17-19H2,1-3H3,(H,33,34)/t21-/m1/s1. The molecular weight excluding hydrogens is 484 g/mol. The maximum Gasteiger partial charge on any atom is 0.416 e. The largest absolute Gasteiger partial charge is 0.493 e. The van der Waals surface area contributed by atoms with Crippen molar-refractivity contribution in [3.63, 3.8) is 0 Å². The highest BCUT2D eigenvalue weighted by molar-refractivity contribution is 5.78. The van der Waals surface area contributed by atoms with Gasteiger partial charge in [0.15, 0.2) is 0 Å². The molecule has 0 bridgehead atoms. The van der Waals surface area contributed by atoms with Gasteiger partial charge in [0.2, 0.25) is 5.89 Å². The molecule has 0 saturated carbocycles. The number of rotatable bonds is 10. The first-order chi connectivity index (χ1) is 18.3. The van der Waals surface area contributed by atoms with Crippen molar-refractivity contribution in [3.05, 3.63) is 101 Å². The number of aryl methyl sites for hydroxylation is 2. The zero-order valence-electron chi connectivity index (χ0n) is 21.6. The Hall–Kier alpha value is -4.59. The predicted octanol–water partition coefficient (Wildman–Crippen LogP) is 6.23. The highest BCUT2D eigenvalue weighted by atomic mass is 16.6. The number of carboxylic acids is 1. The summed E-state index contributed by atoms with van der Waals surface area (Å²) in [4.78, 5) is 30.0. The summed E-state index contributed by atoms with van der Waals surface area (Å²) in [6.07, 6.45) is -0.153. The summed E-state index contributed by atoms with van der Waals surface area (Å²) in [6.45, 7) is 5.48. The minimum absolute atomic E-state index is 0.352. The summed E-state index contributed by atoms with van der Waals surface area (Å²) < 4.78 is 17.1. The van der Waals surface area contributed by atoms with Gasteiger partial charge in [0.25, 0.3) is 0 Å². The van der Waals surface area contributed by atoms with Crippen molar-refractivity contribution < 1.29 is 28.6 Å². The van der Waals surface area contributed by atoms with Gasteiger partial charge in [-0.1, -0.05) is 48.0 Å². The third-order valence-corrected chi connectivity index (χ3v) is 6.12. The van der Waals surface area contributed by atoms with Crippen LogP contribution in [0.25, 0.3) is 11.5 Å². The number of amides is 1. The van der Waals surface area contributed by atoms with Gasteiger partial charge in [0, 0.05) is 12.0 Å². The van der Waals surface area contributed by atoms with E-state index in [1.54, 1.807) is 31.2 Å². The highest BCUT2D eigenvalue weighted by Crippen LogP contribution is 2.25. The van der Waals surface area contributed by atoms with Gasteiger partial charge in [-0.3, -0.25) is 9.69 Å². The number of ether oxygens (including phenoxy) is 2. The van der Waals surface area contributed by atoms with Gasteiger partial charge in [-0.2, -0.15) is 0 Å². The molecule has 1 N–H and O–H groups in total. The van der Waals surface area contributed by atoms with Gasteiger partial charge in [0.1, 0.15) is 23.8 Å². The van der Waals surface area contributed by atoms with E-state index in [-0.39, 0.29) is 0 Å². The lowest BCUT2D eigenvalue weighted by atomic mass is 10.1. The van der Waals surface area contributed by atoms with Crippen molar-refractivity contribution in [2.24, 2.45) is 0 Å². The Balaban J connectivity index is 1.36. The van der Waals surface area contributed by atoms with Gasteiger partial charge in [-0.25, -0.2) is 9.78 Å². The number of carbonyl (C=O) groups excluding carboxylic acids is 1. The molecule has 0 unspecified atom stereocenters.